The average molecular weight is 285 g/mol. The molecule has 0 unspecified atom stereocenters. The predicted molar refractivity (Wildman–Crippen MR) is 72.9 cm³/mol. The van der Waals surface area contributed by atoms with Crippen LogP contribution in [-0.2, 0) is 10.0 Å². The summed E-state index contributed by atoms with van der Waals surface area (Å²) in [5.74, 6) is 5.54. The Kier molecular flexibility index (Phi) is 3.81. The van der Waals surface area contributed by atoms with E-state index in [0.29, 0.717) is 29.1 Å². The number of hydrogen-bond donors (Lipinski definition) is 2. The first-order valence-electron chi connectivity index (χ1n) is 5.53. The number of benzene rings is 1. The van der Waals surface area contributed by atoms with Crippen molar-refractivity contribution in [1.82, 2.24) is 0 Å². The van der Waals surface area contributed by atoms with E-state index in [1.807, 2.05) is 0 Å². The number of halogens is 1. The molecule has 0 aromatic heterocycles. The molecule has 3 N–H and O–H groups in total. The highest BCUT2D eigenvalue weighted by atomic mass is 35.5. The lowest BCUT2D eigenvalue weighted by Crippen LogP contribution is -2.17. The Labute approximate surface area is 112 Å². The molecule has 1 aliphatic rings. The summed E-state index contributed by atoms with van der Waals surface area (Å²) in [5, 5.41) is 0.0740. The molecule has 1 aromatic carbocycles. The SMILES string of the molecule is NCC#Cc1ccc(Cl)c(NS(=O)(=O)C2CC2)c1. The van der Waals surface area contributed by atoms with Crippen molar-refractivity contribution in [2.24, 2.45) is 5.73 Å². The zero-order valence-corrected chi connectivity index (χ0v) is 11.2. The second-order valence-corrected chi connectivity index (χ2v) is 6.41. The average Bonchev–Trinajstić information content (AvgIpc) is 3.14. The minimum atomic E-state index is -3.31. The molecule has 0 saturated heterocycles. The van der Waals surface area contributed by atoms with Crippen molar-refractivity contribution in [2.45, 2.75) is 18.1 Å². The Hall–Kier alpha value is -1.22. The van der Waals surface area contributed by atoms with E-state index in [2.05, 4.69) is 16.6 Å². The molecule has 4 nitrogen and oxygen atoms in total. The van der Waals surface area contributed by atoms with Crippen LogP contribution in [0.2, 0.25) is 5.02 Å². The van der Waals surface area contributed by atoms with Crippen LogP contribution in [0.15, 0.2) is 18.2 Å². The quantitative estimate of drug-likeness (QED) is 0.827. The van der Waals surface area contributed by atoms with Crippen LogP contribution in [0.4, 0.5) is 5.69 Å². The molecule has 18 heavy (non-hydrogen) atoms. The molecule has 0 atom stereocenters. The van der Waals surface area contributed by atoms with Gasteiger partial charge in [0.2, 0.25) is 10.0 Å². The monoisotopic (exact) mass is 284 g/mol. The van der Waals surface area contributed by atoms with Crippen molar-refractivity contribution >= 4 is 27.3 Å². The molecule has 1 saturated carbocycles. The Bertz CT molecular complexity index is 613. The summed E-state index contributed by atoms with van der Waals surface area (Å²) >= 11 is 5.96. The fourth-order valence-corrected chi connectivity index (χ4v) is 3.07. The number of nitrogens with two attached hydrogens (primary N) is 1. The molecule has 0 heterocycles. The highest BCUT2D eigenvalue weighted by Crippen LogP contribution is 2.32. The van der Waals surface area contributed by atoms with Gasteiger partial charge in [-0.15, -0.1) is 0 Å². The minimum absolute atomic E-state index is 0.256. The predicted octanol–water partition coefficient (Wildman–Crippen LogP) is 1.55. The zero-order chi connectivity index (χ0) is 13.2. The van der Waals surface area contributed by atoms with E-state index in [1.165, 1.54) is 0 Å². The lowest BCUT2D eigenvalue weighted by molar-refractivity contribution is 0.600. The molecule has 0 spiro atoms. The Balaban J connectivity index is 2.26. The van der Waals surface area contributed by atoms with E-state index < -0.39 is 10.0 Å². The van der Waals surface area contributed by atoms with Crippen LogP contribution in [0.1, 0.15) is 18.4 Å². The number of sulfonamides is 1. The number of anilines is 1. The van der Waals surface area contributed by atoms with Crippen LogP contribution in [0.5, 0.6) is 0 Å². The maximum absolute atomic E-state index is 11.8. The van der Waals surface area contributed by atoms with Crippen molar-refractivity contribution in [2.75, 3.05) is 11.3 Å². The van der Waals surface area contributed by atoms with Gasteiger partial charge in [-0.05, 0) is 31.0 Å². The fraction of sp³-hybridized carbons (Fsp3) is 0.333. The molecule has 0 bridgehead atoms. The Morgan fingerprint density at radius 1 is 1.44 bits per heavy atom. The van der Waals surface area contributed by atoms with E-state index in [0.717, 1.165) is 0 Å². The third-order valence-corrected chi connectivity index (χ3v) is 4.70. The Morgan fingerprint density at radius 3 is 2.78 bits per heavy atom. The standard InChI is InChI=1S/C12H13ClN2O2S/c13-11-6-3-9(2-1-7-14)8-12(11)15-18(16,17)10-4-5-10/h3,6,8,10,15H,4-5,7,14H2. The van der Waals surface area contributed by atoms with Crippen molar-refractivity contribution in [1.29, 1.82) is 0 Å². The van der Waals surface area contributed by atoms with Crippen LogP contribution in [0.25, 0.3) is 0 Å². The summed E-state index contributed by atoms with van der Waals surface area (Å²) < 4.78 is 26.1. The molecule has 1 aliphatic carbocycles. The van der Waals surface area contributed by atoms with Crippen LogP contribution < -0.4 is 10.5 Å². The molecule has 0 radical (unpaired) electrons. The van der Waals surface area contributed by atoms with Gasteiger partial charge in [-0.25, -0.2) is 8.42 Å². The van der Waals surface area contributed by atoms with Crippen LogP contribution in [0.3, 0.4) is 0 Å². The lowest BCUT2D eigenvalue weighted by atomic mass is 10.2. The van der Waals surface area contributed by atoms with Crippen LogP contribution in [-0.4, -0.2) is 20.2 Å². The molecule has 0 aliphatic heterocycles. The van der Waals surface area contributed by atoms with Crippen molar-refractivity contribution < 1.29 is 8.42 Å². The second kappa shape index (κ2) is 5.19. The van der Waals surface area contributed by atoms with Gasteiger partial charge >= 0.3 is 0 Å². The van der Waals surface area contributed by atoms with Gasteiger partial charge in [-0.1, -0.05) is 23.4 Å². The van der Waals surface area contributed by atoms with Gasteiger partial charge in [-0.3, -0.25) is 4.72 Å². The van der Waals surface area contributed by atoms with Gasteiger partial charge in [-0.2, -0.15) is 0 Å². The summed E-state index contributed by atoms with van der Waals surface area (Å²) in [5.41, 5.74) is 6.33. The molecule has 96 valence electrons. The molecular formula is C12H13ClN2O2S. The number of nitrogens with one attached hydrogen (secondary N) is 1. The summed E-state index contributed by atoms with van der Waals surface area (Å²) in [6, 6.07) is 4.96. The van der Waals surface area contributed by atoms with Gasteiger partial charge < -0.3 is 5.73 Å². The summed E-state index contributed by atoms with van der Waals surface area (Å²) in [7, 11) is -3.31. The molecule has 6 heteroatoms. The molecule has 1 aromatic rings. The normalized spacial score (nSPS) is 14.8. The minimum Gasteiger partial charge on any atom is -0.320 e. The van der Waals surface area contributed by atoms with Gasteiger partial charge in [0.25, 0.3) is 0 Å². The van der Waals surface area contributed by atoms with E-state index in [9.17, 15) is 8.42 Å². The molecule has 2 rings (SSSR count). The molecule has 1 fully saturated rings. The van der Waals surface area contributed by atoms with Crippen LogP contribution >= 0.6 is 11.6 Å². The van der Waals surface area contributed by atoms with Gasteiger partial charge in [0.1, 0.15) is 0 Å². The second-order valence-electron chi connectivity index (χ2n) is 4.05. The topological polar surface area (TPSA) is 72.2 Å². The third kappa shape index (κ3) is 3.16. The van der Waals surface area contributed by atoms with Crippen molar-refractivity contribution in [3.63, 3.8) is 0 Å². The maximum atomic E-state index is 11.8. The van der Waals surface area contributed by atoms with E-state index in [4.69, 9.17) is 17.3 Å². The fourth-order valence-electron chi connectivity index (χ4n) is 1.45. The first-order chi connectivity index (χ1) is 8.53. The first kappa shape index (κ1) is 13.2. The smallest absolute Gasteiger partial charge is 0.235 e. The van der Waals surface area contributed by atoms with Crippen molar-refractivity contribution in [3.8, 4) is 11.8 Å². The molecule has 0 amide bonds. The Morgan fingerprint density at radius 2 is 2.17 bits per heavy atom. The van der Waals surface area contributed by atoms with Gasteiger partial charge in [0.05, 0.1) is 22.5 Å². The third-order valence-electron chi connectivity index (χ3n) is 2.52. The zero-order valence-electron chi connectivity index (χ0n) is 9.61. The summed E-state index contributed by atoms with van der Waals surface area (Å²) in [6.45, 7) is 0.256. The summed E-state index contributed by atoms with van der Waals surface area (Å²) in [4.78, 5) is 0. The van der Waals surface area contributed by atoms with E-state index in [1.54, 1.807) is 18.2 Å². The van der Waals surface area contributed by atoms with E-state index >= 15 is 0 Å². The highest BCUT2D eigenvalue weighted by molar-refractivity contribution is 7.93. The van der Waals surface area contributed by atoms with Gasteiger partial charge in [0.15, 0.2) is 0 Å². The lowest BCUT2D eigenvalue weighted by Gasteiger charge is -2.09. The van der Waals surface area contributed by atoms with Gasteiger partial charge in [0, 0.05) is 5.56 Å². The maximum Gasteiger partial charge on any atom is 0.235 e. The highest BCUT2D eigenvalue weighted by Gasteiger charge is 2.36. The first-order valence-corrected chi connectivity index (χ1v) is 7.45. The molecular weight excluding hydrogens is 272 g/mol. The van der Waals surface area contributed by atoms with Crippen molar-refractivity contribution in [3.05, 3.63) is 28.8 Å². The van der Waals surface area contributed by atoms with Crippen LogP contribution in [0, 0.1) is 11.8 Å². The van der Waals surface area contributed by atoms with E-state index in [-0.39, 0.29) is 11.8 Å². The number of hydrogen-bond acceptors (Lipinski definition) is 3. The largest absolute Gasteiger partial charge is 0.320 e. The summed E-state index contributed by atoms with van der Waals surface area (Å²) in [6.07, 6.45) is 1.42. The number of rotatable bonds is 3.